The Labute approximate surface area is 171 Å². The van der Waals surface area contributed by atoms with E-state index in [1.807, 2.05) is 6.07 Å². The van der Waals surface area contributed by atoms with E-state index in [9.17, 15) is 4.79 Å². The molecule has 1 aliphatic rings. The van der Waals surface area contributed by atoms with Gasteiger partial charge in [-0.15, -0.1) is 0 Å². The predicted molar refractivity (Wildman–Crippen MR) is 107 cm³/mol. The van der Waals surface area contributed by atoms with Crippen molar-refractivity contribution >= 4 is 40.6 Å². The smallest absolute Gasteiger partial charge is 0.227 e. The van der Waals surface area contributed by atoms with Crippen molar-refractivity contribution in [2.45, 2.75) is 12.8 Å². The van der Waals surface area contributed by atoms with E-state index in [0.717, 1.165) is 31.7 Å². The van der Waals surface area contributed by atoms with Crippen LogP contribution >= 0.6 is 23.2 Å². The number of benzene rings is 1. The molecule has 1 aromatic carbocycles. The number of carbonyl (C=O) groups is 1. The van der Waals surface area contributed by atoms with Gasteiger partial charge in [-0.1, -0.05) is 23.2 Å². The maximum Gasteiger partial charge on any atom is 0.227 e. The summed E-state index contributed by atoms with van der Waals surface area (Å²) in [5, 5.41) is 7.88. The zero-order chi connectivity index (χ0) is 19.5. The van der Waals surface area contributed by atoms with Crippen molar-refractivity contribution in [2.24, 2.45) is 5.92 Å². The Balaban J connectivity index is 1.37. The Morgan fingerprint density at radius 2 is 1.82 bits per heavy atom. The molecule has 0 bridgehead atoms. The lowest BCUT2D eigenvalue weighted by atomic mass is 9.96. The van der Waals surface area contributed by atoms with Crippen LogP contribution in [0.15, 0.2) is 43.2 Å². The number of rotatable bonds is 4. The van der Waals surface area contributed by atoms with Crippen molar-refractivity contribution in [3.8, 4) is 5.82 Å². The second kappa shape index (κ2) is 8.12. The summed E-state index contributed by atoms with van der Waals surface area (Å²) in [6.45, 7) is 1.46. The number of carbonyl (C=O) groups excluding carboxylic acids is 1. The molecule has 8 nitrogen and oxygen atoms in total. The standard InChI is InChI=1S/C18H17Cl2N7O/c19-14-2-1-13(7-15(14)20)25-18(28)12-3-5-26(6-4-12)16-8-17(23-10-22-16)27-11-21-9-24-27/h1-2,7-12H,3-6H2,(H,25,28). The molecular weight excluding hydrogens is 401 g/mol. The SMILES string of the molecule is O=C(Nc1ccc(Cl)c(Cl)c1)C1CCN(c2cc(-n3cncn3)ncn2)CC1. The zero-order valence-electron chi connectivity index (χ0n) is 14.8. The maximum atomic E-state index is 12.6. The number of anilines is 2. The van der Waals surface area contributed by atoms with Crippen molar-refractivity contribution < 1.29 is 4.79 Å². The molecule has 1 N–H and O–H groups in total. The first kappa shape index (κ1) is 18.6. The molecule has 3 aromatic rings. The van der Waals surface area contributed by atoms with Crippen LogP contribution in [0.3, 0.4) is 0 Å². The molecule has 0 aliphatic carbocycles. The minimum absolute atomic E-state index is 0.0102. The van der Waals surface area contributed by atoms with Crippen LogP contribution in [-0.4, -0.2) is 43.7 Å². The number of aromatic nitrogens is 5. The first-order valence-corrected chi connectivity index (χ1v) is 9.53. The molecule has 1 fully saturated rings. The lowest BCUT2D eigenvalue weighted by Crippen LogP contribution is -2.38. The van der Waals surface area contributed by atoms with Gasteiger partial charge < -0.3 is 10.2 Å². The summed E-state index contributed by atoms with van der Waals surface area (Å²) in [7, 11) is 0. The molecule has 1 aliphatic heterocycles. The average Bonchev–Trinajstić information content (AvgIpc) is 3.26. The topological polar surface area (TPSA) is 88.8 Å². The quantitative estimate of drug-likeness (QED) is 0.700. The molecule has 3 heterocycles. The summed E-state index contributed by atoms with van der Waals surface area (Å²) in [5.41, 5.74) is 0.648. The van der Waals surface area contributed by atoms with E-state index in [2.05, 4.69) is 30.3 Å². The summed E-state index contributed by atoms with van der Waals surface area (Å²) >= 11 is 11.9. The van der Waals surface area contributed by atoms with Crippen LogP contribution in [0.1, 0.15) is 12.8 Å². The second-order valence-electron chi connectivity index (χ2n) is 6.45. The number of nitrogens with one attached hydrogen (secondary N) is 1. The van der Waals surface area contributed by atoms with E-state index in [1.54, 1.807) is 29.2 Å². The minimum atomic E-state index is -0.0673. The summed E-state index contributed by atoms with van der Waals surface area (Å²) < 4.78 is 1.59. The van der Waals surface area contributed by atoms with Crippen LogP contribution in [0.2, 0.25) is 10.0 Å². The highest BCUT2D eigenvalue weighted by Gasteiger charge is 2.26. The Morgan fingerprint density at radius 3 is 2.54 bits per heavy atom. The number of nitrogens with zero attached hydrogens (tertiary/aromatic N) is 6. The minimum Gasteiger partial charge on any atom is -0.356 e. The zero-order valence-corrected chi connectivity index (χ0v) is 16.3. The molecule has 10 heteroatoms. The number of hydrogen-bond acceptors (Lipinski definition) is 6. The molecule has 0 atom stereocenters. The van der Waals surface area contributed by atoms with E-state index in [1.165, 1.54) is 12.7 Å². The fraction of sp³-hybridized carbons (Fsp3) is 0.278. The normalized spacial score (nSPS) is 14.9. The molecule has 1 amide bonds. The third-order valence-corrected chi connectivity index (χ3v) is 5.41. The number of amides is 1. The summed E-state index contributed by atoms with van der Waals surface area (Å²) in [6.07, 6.45) is 6.02. The number of piperidine rings is 1. The molecule has 28 heavy (non-hydrogen) atoms. The van der Waals surface area contributed by atoms with E-state index in [0.29, 0.717) is 21.6 Å². The van der Waals surface area contributed by atoms with Crippen LogP contribution < -0.4 is 10.2 Å². The molecule has 1 saturated heterocycles. The van der Waals surface area contributed by atoms with Crippen LogP contribution in [0, 0.1) is 5.92 Å². The fourth-order valence-corrected chi connectivity index (χ4v) is 3.45. The van der Waals surface area contributed by atoms with Gasteiger partial charge in [-0.2, -0.15) is 5.10 Å². The highest BCUT2D eigenvalue weighted by Crippen LogP contribution is 2.27. The summed E-state index contributed by atoms with van der Waals surface area (Å²) in [4.78, 5) is 27.2. The Morgan fingerprint density at radius 1 is 1.04 bits per heavy atom. The first-order valence-electron chi connectivity index (χ1n) is 8.78. The van der Waals surface area contributed by atoms with Gasteiger partial charge in [0, 0.05) is 30.8 Å². The highest BCUT2D eigenvalue weighted by atomic mass is 35.5. The van der Waals surface area contributed by atoms with Crippen LogP contribution in [0.5, 0.6) is 0 Å². The van der Waals surface area contributed by atoms with Crippen LogP contribution in [0.4, 0.5) is 11.5 Å². The van der Waals surface area contributed by atoms with Crippen molar-refractivity contribution in [3.05, 3.63) is 53.3 Å². The largest absolute Gasteiger partial charge is 0.356 e. The molecule has 0 radical (unpaired) electrons. The summed E-state index contributed by atoms with van der Waals surface area (Å²) in [5.74, 6) is 1.39. The monoisotopic (exact) mass is 417 g/mol. The average molecular weight is 418 g/mol. The van der Waals surface area contributed by atoms with Gasteiger partial charge in [-0.05, 0) is 31.0 Å². The van der Waals surface area contributed by atoms with Crippen molar-refractivity contribution in [2.75, 3.05) is 23.3 Å². The molecule has 0 unspecified atom stereocenters. The molecule has 144 valence electrons. The Hall–Kier alpha value is -2.71. The van der Waals surface area contributed by atoms with Gasteiger partial charge in [0.2, 0.25) is 5.91 Å². The van der Waals surface area contributed by atoms with Gasteiger partial charge in [0.1, 0.15) is 24.8 Å². The highest BCUT2D eigenvalue weighted by molar-refractivity contribution is 6.42. The molecule has 0 spiro atoms. The van der Waals surface area contributed by atoms with E-state index >= 15 is 0 Å². The van der Waals surface area contributed by atoms with Gasteiger partial charge in [-0.25, -0.2) is 19.6 Å². The van der Waals surface area contributed by atoms with Gasteiger partial charge in [-0.3, -0.25) is 4.79 Å². The molecule has 0 saturated carbocycles. The van der Waals surface area contributed by atoms with Gasteiger partial charge in [0.15, 0.2) is 5.82 Å². The number of hydrogen-bond donors (Lipinski definition) is 1. The molecule has 4 rings (SSSR count). The third kappa shape index (κ3) is 4.07. The van der Waals surface area contributed by atoms with E-state index < -0.39 is 0 Å². The number of halogens is 2. The summed E-state index contributed by atoms with van der Waals surface area (Å²) in [6, 6.07) is 6.94. The van der Waals surface area contributed by atoms with Crippen molar-refractivity contribution in [3.63, 3.8) is 0 Å². The van der Waals surface area contributed by atoms with Gasteiger partial charge in [0.05, 0.1) is 10.0 Å². The van der Waals surface area contributed by atoms with Crippen molar-refractivity contribution in [1.82, 2.24) is 24.7 Å². The Kier molecular flexibility index (Phi) is 5.40. The lowest BCUT2D eigenvalue weighted by molar-refractivity contribution is -0.120. The van der Waals surface area contributed by atoms with E-state index in [-0.39, 0.29) is 11.8 Å². The van der Waals surface area contributed by atoms with Crippen LogP contribution in [0.25, 0.3) is 5.82 Å². The first-order chi connectivity index (χ1) is 13.6. The second-order valence-corrected chi connectivity index (χ2v) is 7.27. The Bertz CT molecular complexity index is 972. The van der Waals surface area contributed by atoms with E-state index in [4.69, 9.17) is 23.2 Å². The fourth-order valence-electron chi connectivity index (χ4n) is 3.15. The maximum absolute atomic E-state index is 12.6. The predicted octanol–water partition coefficient (Wildman–Crippen LogP) is 3.22. The third-order valence-electron chi connectivity index (χ3n) is 4.67. The molecular formula is C18H17Cl2N7O. The lowest BCUT2D eigenvalue weighted by Gasteiger charge is -2.32. The molecule has 2 aromatic heterocycles. The van der Waals surface area contributed by atoms with Gasteiger partial charge >= 0.3 is 0 Å². The van der Waals surface area contributed by atoms with Crippen LogP contribution in [-0.2, 0) is 4.79 Å². The van der Waals surface area contributed by atoms with Crippen molar-refractivity contribution in [1.29, 1.82) is 0 Å². The van der Waals surface area contributed by atoms with Gasteiger partial charge in [0.25, 0.3) is 0 Å².